The zero-order valence-corrected chi connectivity index (χ0v) is 13.8. The second-order valence-corrected chi connectivity index (χ2v) is 7.64. The summed E-state index contributed by atoms with van der Waals surface area (Å²) >= 11 is 2.15. The van der Waals surface area contributed by atoms with Gasteiger partial charge in [-0.15, -0.1) is 11.3 Å². The Bertz CT molecular complexity index is 896. The molecular formula is C14H14N2O4S2. The van der Waals surface area contributed by atoms with Crippen LogP contribution < -0.4 is 14.8 Å². The van der Waals surface area contributed by atoms with Crippen LogP contribution in [0, 0.1) is 15.5 Å². The Balaban J connectivity index is 2.43. The van der Waals surface area contributed by atoms with Gasteiger partial charge in [-0.05, 0) is 11.6 Å². The highest BCUT2D eigenvalue weighted by Gasteiger charge is 2.18. The number of carbonyl (C=O) groups is 1. The average Bonchev–Trinajstić information content (AvgIpc) is 2.97. The minimum atomic E-state index is -0.515. The van der Waals surface area contributed by atoms with Crippen LogP contribution in [0.4, 0.5) is 5.00 Å². The van der Waals surface area contributed by atoms with Gasteiger partial charge in [-0.25, -0.2) is 0 Å². The molecule has 2 rings (SSSR count). The number of nitrogens with zero attached hydrogens (tertiary/aromatic N) is 1. The number of aromatic nitrogens is 1. The van der Waals surface area contributed by atoms with Gasteiger partial charge in [-0.2, -0.15) is 0 Å². The summed E-state index contributed by atoms with van der Waals surface area (Å²) in [6.07, 6.45) is 2.99. The molecule has 8 heteroatoms. The highest BCUT2D eigenvalue weighted by atomic mass is 32.1. The molecule has 2 aromatic rings. The zero-order chi connectivity index (χ0) is 16.5. The van der Waals surface area contributed by atoms with Crippen molar-refractivity contribution < 1.29 is 9.72 Å². The molecule has 0 bridgehead atoms. The SMILES string of the molecule is CC(C)(C)C(=O)C=c1[nH]c(=O)c(=Cc2csc([N+](=O)[O-])c2)s1. The first-order chi connectivity index (χ1) is 10.2. The molecule has 2 heterocycles. The second kappa shape index (κ2) is 5.98. The van der Waals surface area contributed by atoms with Crippen LogP contribution in [0.5, 0.6) is 0 Å². The van der Waals surface area contributed by atoms with Gasteiger partial charge in [-0.1, -0.05) is 32.1 Å². The lowest BCUT2D eigenvalue weighted by Gasteiger charge is -2.12. The summed E-state index contributed by atoms with van der Waals surface area (Å²) in [4.78, 5) is 36.6. The average molecular weight is 338 g/mol. The lowest BCUT2D eigenvalue weighted by molar-refractivity contribution is -0.380. The van der Waals surface area contributed by atoms with E-state index < -0.39 is 10.3 Å². The van der Waals surface area contributed by atoms with E-state index in [1.807, 2.05) is 0 Å². The van der Waals surface area contributed by atoms with Crippen molar-refractivity contribution in [1.82, 2.24) is 4.98 Å². The highest BCUT2D eigenvalue weighted by molar-refractivity contribution is 7.13. The van der Waals surface area contributed by atoms with Crippen molar-refractivity contribution in [3.05, 3.63) is 46.7 Å². The molecule has 0 radical (unpaired) electrons. The van der Waals surface area contributed by atoms with Crippen molar-refractivity contribution in [2.75, 3.05) is 0 Å². The molecule has 0 aliphatic heterocycles. The standard InChI is InChI=1S/C14H14N2O4S2/c1-14(2,3)10(17)6-11-15-13(18)9(22-11)4-8-5-12(16(19)20)21-7-8/h4-7H,1-3H3,(H,15,18). The minimum absolute atomic E-state index is 0.0222. The van der Waals surface area contributed by atoms with Crippen LogP contribution in [0.2, 0.25) is 0 Å². The topological polar surface area (TPSA) is 93.1 Å². The summed E-state index contributed by atoms with van der Waals surface area (Å²) in [7, 11) is 0. The molecule has 116 valence electrons. The molecule has 0 amide bonds. The van der Waals surface area contributed by atoms with E-state index in [-0.39, 0.29) is 16.3 Å². The van der Waals surface area contributed by atoms with Gasteiger partial charge in [0, 0.05) is 22.9 Å². The van der Waals surface area contributed by atoms with Crippen molar-refractivity contribution in [1.29, 1.82) is 0 Å². The first kappa shape index (κ1) is 16.3. The van der Waals surface area contributed by atoms with E-state index in [9.17, 15) is 19.7 Å². The molecular weight excluding hydrogens is 324 g/mol. The number of Topliss-reactive ketones (excluding diaryl/α,β-unsaturated/α-hetero) is 1. The summed E-state index contributed by atoms with van der Waals surface area (Å²) in [5, 5.41) is 12.3. The fraction of sp³-hybridized carbons (Fsp3) is 0.286. The Morgan fingerprint density at radius 2 is 2.09 bits per heavy atom. The van der Waals surface area contributed by atoms with Crippen LogP contribution in [-0.2, 0) is 4.79 Å². The van der Waals surface area contributed by atoms with E-state index in [4.69, 9.17) is 0 Å². The maximum atomic E-state index is 11.9. The number of thiazole rings is 1. The zero-order valence-electron chi connectivity index (χ0n) is 12.2. The third-order valence-electron chi connectivity index (χ3n) is 2.77. The monoisotopic (exact) mass is 338 g/mol. The van der Waals surface area contributed by atoms with E-state index in [0.29, 0.717) is 14.8 Å². The molecule has 0 saturated heterocycles. The highest BCUT2D eigenvalue weighted by Crippen LogP contribution is 2.22. The Hall–Kier alpha value is -2.06. The van der Waals surface area contributed by atoms with Crippen molar-refractivity contribution in [3.63, 3.8) is 0 Å². The molecule has 1 N–H and O–H groups in total. The molecule has 0 spiro atoms. The molecule has 0 unspecified atom stereocenters. The van der Waals surface area contributed by atoms with Crippen molar-refractivity contribution >= 4 is 45.6 Å². The molecule has 0 atom stereocenters. The number of ketones is 1. The molecule has 0 saturated carbocycles. The lowest BCUT2D eigenvalue weighted by Crippen LogP contribution is -2.22. The predicted molar refractivity (Wildman–Crippen MR) is 87.7 cm³/mol. The first-order valence-corrected chi connectivity index (χ1v) is 8.06. The van der Waals surface area contributed by atoms with Crippen LogP contribution in [0.25, 0.3) is 12.2 Å². The van der Waals surface area contributed by atoms with Gasteiger partial charge in [0.15, 0.2) is 5.78 Å². The van der Waals surface area contributed by atoms with E-state index in [1.165, 1.54) is 12.1 Å². The van der Waals surface area contributed by atoms with Gasteiger partial charge in [0.05, 0.1) is 14.1 Å². The summed E-state index contributed by atoms with van der Waals surface area (Å²) in [6, 6.07) is 1.41. The van der Waals surface area contributed by atoms with Crippen LogP contribution in [0.15, 0.2) is 16.2 Å². The predicted octanol–water partition coefficient (Wildman–Crippen LogP) is 1.63. The van der Waals surface area contributed by atoms with E-state index >= 15 is 0 Å². The molecule has 2 aromatic heterocycles. The summed E-state index contributed by atoms with van der Waals surface area (Å²) < 4.78 is 0.876. The van der Waals surface area contributed by atoms with Crippen LogP contribution in [-0.4, -0.2) is 15.7 Å². The third kappa shape index (κ3) is 3.77. The van der Waals surface area contributed by atoms with Crippen molar-refractivity contribution in [2.45, 2.75) is 20.8 Å². The number of rotatable bonds is 3. The number of H-pyrrole nitrogens is 1. The Labute approximate surface area is 133 Å². The van der Waals surface area contributed by atoms with Gasteiger partial charge < -0.3 is 4.98 Å². The first-order valence-electron chi connectivity index (χ1n) is 6.37. The summed E-state index contributed by atoms with van der Waals surface area (Å²) in [5.41, 5.74) is -0.233. The normalized spacial score (nSPS) is 13.6. The number of carbonyl (C=O) groups excluding carboxylic acids is 1. The van der Waals surface area contributed by atoms with Crippen LogP contribution >= 0.6 is 22.7 Å². The second-order valence-electron chi connectivity index (χ2n) is 5.66. The van der Waals surface area contributed by atoms with E-state index in [0.717, 1.165) is 22.7 Å². The van der Waals surface area contributed by atoms with Crippen molar-refractivity contribution in [3.8, 4) is 0 Å². The minimum Gasteiger partial charge on any atom is -0.313 e. The molecule has 0 aromatic carbocycles. The summed E-state index contributed by atoms with van der Waals surface area (Å²) in [6.45, 7) is 5.40. The largest absolute Gasteiger partial charge is 0.324 e. The van der Waals surface area contributed by atoms with Gasteiger partial charge >= 0.3 is 5.00 Å². The molecule has 22 heavy (non-hydrogen) atoms. The molecule has 0 aliphatic rings. The van der Waals surface area contributed by atoms with Crippen LogP contribution in [0.3, 0.4) is 0 Å². The third-order valence-corrected chi connectivity index (χ3v) is 4.63. The number of nitro groups is 1. The molecule has 0 aliphatic carbocycles. The maximum Gasteiger partial charge on any atom is 0.324 e. The lowest BCUT2D eigenvalue weighted by atomic mass is 9.91. The number of hydrogen-bond acceptors (Lipinski definition) is 6. The van der Waals surface area contributed by atoms with Gasteiger partial charge in [-0.3, -0.25) is 19.7 Å². The van der Waals surface area contributed by atoms with Gasteiger partial charge in [0.25, 0.3) is 5.56 Å². The van der Waals surface area contributed by atoms with Gasteiger partial charge in [0.1, 0.15) is 0 Å². The van der Waals surface area contributed by atoms with E-state index in [2.05, 4.69) is 4.98 Å². The number of thiophene rings is 1. The number of aromatic amines is 1. The van der Waals surface area contributed by atoms with Gasteiger partial charge in [0.2, 0.25) is 0 Å². The fourth-order valence-electron chi connectivity index (χ4n) is 1.52. The quantitative estimate of drug-likeness (QED) is 0.680. The molecule has 6 nitrogen and oxygen atoms in total. The smallest absolute Gasteiger partial charge is 0.313 e. The molecule has 0 fully saturated rings. The number of nitrogens with one attached hydrogen (secondary N) is 1. The van der Waals surface area contributed by atoms with Crippen molar-refractivity contribution in [2.24, 2.45) is 5.41 Å². The Morgan fingerprint density at radius 1 is 1.41 bits per heavy atom. The number of hydrogen-bond donors (Lipinski definition) is 1. The van der Waals surface area contributed by atoms with E-state index in [1.54, 1.807) is 32.2 Å². The Morgan fingerprint density at radius 3 is 2.64 bits per heavy atom. The maximum absolute atomic E-state index is 11.9. The van der Waals surface area contributed by atoms with Crippen LogP contribution in [0.1, 0.15) is 26.3 Å². The fourth-order valence-corrected chi connectivity index (χ4v) is 3.09. The summed E-state index contributed by atoms with van der Waals surface area (Å²) in [5.74, 6) is -0.0808. The Kier molecular flexibility index (Phi) is 4.43.